The van der Waals surface area contributed by atoms with Crippen molar-refractivity contribution in [2.45, 2.75) is 33.3 Å². The number of hydrogen-bond donors (Lipinski definition) is 1. The van der Waals surface area contributed by atoms with Gasteiger partial charge in [0.15, 0.2) is 0 Å². The molecule has 1 aromatic carbocycles. The van der Waals surface area contributed by atoms with Gasteiger partial charge in [0.25, 0.3) is 0 Å². The number of halogens is 1. The van der Waals surface area contributed by atoms with E-state index in [0.717, 1.165) is 17.0 Å². The van der Waals surface area contributed by atoms with E-state index in [1.807, 2.05) is 13.8 Å². The van der Waals surface area contributed by atoms with E-state index in [4.69, 9.17) is 0 Å². The van der Waals surface area contributed by atoms with E-state index in [1.54, 1.807) is 19.1 Å². The Morgan fingerprint density at radius 3 is 2.53 bits per heavy atom. The van der Waals surface area contributed by atoms with Crippen molar-refractivity contribution in [1.82, 2.24) is 10.2 Å². The minimum absolute atomic E-state index is 0.342. The highest BCUT2D eigenvalue weighted by Gasteiger charge is 2.17. The van der Waals surface area contributed by atoms with Gasteiger partial charge in [-0.2, -0.15) is 10.2 Å². The maximum Gasteiger partial charge on any atom is 0.123 e. The van der Waals surface area contributed by atoms with Gasteiger partial charge in [0.05, 0.1) is 11.4 Å². The summed E-state index contributed by atoms with van der Waals surface area (Å²) in [4.78, 5) is 0. The molecule has 1 aromatic heterocycles. The summed E-state index contributed by atoms with van der Waals surface area (Å²) < 4.78 is 13.4. The lowest BCUT2D eigenvalue weighted by Gasteiger charge is -2.15. The van der Waals surface area contributed by atoms with E-state index in [0.29, 0.717) is 17.5 Å². The Labute approximate surface area is 112 Å². The zero-order chi connectivity index (χ0) is 14.0. The second kappa shape index (κ2) is 5.45. The molecule has 0 spiro atoms. The van der Waals surface area contributed by atoms with Crippen molar-refractivity contribution < 1.29 is 9.50 Å². The van der Waals surface area contributed by atoms with E-state index in [2.05, 4.69) is 10.2 Å². The zero-order valence-corrected chi connectivity index (χ0v) is 11.3. The van der Waals surface area contributed by atoms with Crippen LogP contribution in [0.2, 0.25) is 0 Å². The molecular formula is C15H17FN2O. The lowest BCUT2D eigenvalue weighted by Crippen LogP contribution is -2.08. The Kier molecular flexibility index (Phi) is 3.90. The summed E-state index contributed by atoms with van der Waals surface area (Å²) in [5, 5.41) is 18.5. The van der Waals surface area contributed by atoms with Crippen LogP contribution < -0.4 is 0 Å². The molecule has 1 heterocycles. The van der Waals surface area contributed by atoms with Crippen LogP contribution in [0.3, 0.4) is 0 Å². The summed E-state index contributed by atoms with van der Waals surface area (Å²) in [7, 11) is 0. The Hall–Kier alpha value is -1.81. The molecule has 0 aliphatic carbocycles. The van der Waals surface area contributed by atoms with E-state index in [1.165, 1.54) is 12.1 Å². The molecule has 0 aliphatic rings. The van der Waals surface area contributed by atoms with Crippen molar-refractivity contribution in [3.8, 4) is 0 Å². The van der Waals surface area contributed by atoms with Crippen molar-refractivity contribution in [3.05, 3.63) is 58.2 Å². The maximum atomic E-state index is 13.4. The lowest BCUT2D eigenvalue weighted by molar-refractivity contribution is 0.217. The monoisotopic (exact) mass is 260 g/mol. The zero-order valence-electron chi connectivity index (χ0n) is 11.3. The average Bonchev–Trinajstić information content (AvgIpc) is 2.36. The topological polar surface area (TPSA) is 46.0 Å². The minimum atomic E-state index is -0.876. The molecule has 2 aromatic rings. The summed E-state index contributed by atoms with van der Waals surface area (Å²) in [5.41, 5.74) is 3.49. The SMILES string of the molecule is CCc1nnc(C)cc1C(O)c1cc(C)cc(F)c1. The van der Waals surface area contributed by atoms with Crippen molar-refractivity contribution in [3.63, 3.8) is 0 Å². The second-order valence-corrected chi connectivity index (χ2v) is 4.71. The number of benzene rings is 1. The van der Waals surface area contributed by atoms with Crippen LogP contribution in [0.25, 0.3) is 0 Å². The molecule has 4 heteroatoms. The Balaban J connectivity index is 2.48. The molecule has 1 N–H and O–H groups in total. The van der Waals surface area contributed by atoms with Crippen molar-refractivity contribution in [2.75, 3.05) is 0 Å². The quantitative estimate of drug-likeness (QED) is 0.923. The molecule has 0 saturated carbocycles. The van der Waals surface area contributed by atoms with Gasteiger partial charge in [-0.1, -0.05) is 13.0 Å². The van der Waals surface area contributed by atoms with Crippen LogP contribution in [-0.4, -0.2) is 15.3 Å². The number of aromatic nitrogens is 2. The summed E-state index contributed by atoms with van der Waals surface area (Å²) in [6.07, 6.45) is -0.202. The molecule has 0 fully saturated rings. The summed E-state index contributed by atoms with van der Waals surface area (Å²) >= 11 is 0. The first-order chi connectivity index (χ1) is 9.01. The number of aliphatic hydroxyl groups is 1. The number of nitrogens with zero attached hydrogens (tertiary/aromatic N) is 2. The Morgan fingerprint density at radius 2 is 1.89 bits per heavy atom. The van der Waals surface area contributed by atoms with Gasteiger partial charge in [-0.3, -0.25) is 0 Å². The third-order valence-corrected chi connectivity index (χ3v) is 3.04. The maximum absolute atomic E-state index is 13.4. The summed E-state index contributed by atoms with van der Waals surface area (Å²) in [6, 6.07) is 6.37. The normalized spacial score (nSPS) is 12.5. The van der Waals surface area contributed by atoms with E-state index >= 15 is 0 Å². The average molecular weight is 260 g/mol. The van der Waals surface area contributed by atoms with Gasteiger partial charge in [0.1, 0.15) is 11.9 Å². The van der Waals surface area contributed by atoms with Crippen LogP contribution in [0.5, 0.6) is 0 Å². The first-order valence-corrected chi connectivity index (χ1v) is 6.29. The van der Waals surface area contributed by atoms with Gasteiger partial charge in [-0.15, -0.1) is 0 Å². The fourth-order valence-electron chi connectivity index (χ4n) is 2.15. The summed E-state index contributed by atoms with van der Waals surface area (Å²) in [5.74, 6) is -0.342. The standard InChI is InChI=1S/C15H17FN2O/c1-4-14-13(7-10(3)17-18-14)15(19)11-5-9(2)6-12(16)8-11/h5-8,15,19H,4H2,1-3H3. The van der Waals surface area contributed by atoms with Gasteiger partial charge in [-0.05, 0) is 49.6 Å². The van der Waals surface area contributed by atoms with Crippen LogP contribution >= 0.6 is 0 Å². The highest BCUT2D eigenvalue weighted by atomic mass is 19.1. The highest BCUT2D eigenvalue weighted by Crippen LogP contribution is 2.26. The van der Waals surface area contributed by atoms with Crippen molar-refractivity contribution in [2.24, 2.45) is 0 Å². The fourth-order valence-corrected chi connectivity index (χ4v) is 2.15. The fraction of sp³-hybridized carbons (Fsp3) is 0.333. The first kappa shape index (κ1) is 13.6. The molecule has 0 saturated heterocycles. The van der Waals surface area contributed by atoms with Crippen LogP contribution in [0, 0.1) is 19.7 Å². The van der Waals surface area contributed by atoms with Crippen LogP contribution in [0.4, 0.5) is 4.39 Å². The van der Waals surface area contributed by atoms with Crippen molar-refractivity contribution >= 4 is 0 Å². The number of rotatable bonds is 3. The molecule has 2 rings (SSSR count). The van der Waals surface area contributed by atoms with Crippen LogP contribution in [0.15, 0.2) is 24.3 Å². The van der Waals surface area contributed by atoms with Gasteiger partial charge in [0, 0.05) is 5.56 Å². The molecular weight excluding hydrogens is 243 g/mol. The van der Waals surface area contributed by atoms with Crippen LogP contribution in [-0.2, 0) is 6.42 Å². The smallest absolute Gasteiger partial charge is 0.123 e. The van der Waals surface area contributed by atoms with Gasteiger partial charge in [0.2, 0.25) is 0 Å². The van der Waals surface area contributed by atoms with Gasteiger partial charge in [-0.25, -0.2) is 4.39 Å². The third kappa shape index (κ3) is 2.96. The summed E-state index contributed by atoms with van der Waals surface area (Å²) in [6.45, 7) is 5.57. The minimum Gasteiger partial charge on any atom is -0.384 e. The number of aliphatic hydroxyl groups excluding tert-OH is 1. The largest absolute Gasteiger partial charge is 0.384 e. The van der Waals surface area contributed by atoms with Gasteiger partial charge >= 0.3 is 0 Å². The molecule has 1 atom stereocenters. The van der Waals surface area contributed by atoms with E-state index in [9.17, 15) is 9.50 Å². The lowest BCUT2D eigenvalue weighted by atomic mass is 9.97. The van der Waals surface area contributed by atoms with E-state index in [-0.39, 0.29) is 5.82 Å². The number of hydrogen-bond acceptors (Lipinski definition) is 3. The molecule has 19 heavy (non-hydrogen) atoms. The van der Waals surface area contributed by atoms with Gasteiger partial charge < -0.3 is 5.11 Å². The Morgan fingerprint density at radius 1 is 1.16 bits per heavy atom. The van der Waals surface area contributed by atoms with Crippen LogP contribution in [0.1, 0.15) is 41.1 Å². The Bertz CT molecular complexity index is 578. The van der Waals surface area contributed by atoms with Crippen molar-refractivity contribution in [1.29, 1.82) is 0 Å². The van der Waals surface area contributed by atoms with E-state index < -0.39 is 6.10 Å². The highest BCUT2D eigenvalue weighted by molar-refractivity contribution is 5.35. The molecule has 100 valence electrons. The predicted octanol–water partition coefficient (Wildman–Crippen LogP) is 2.88. The third-order valence-electron chi connectivity index (χ3n) is 3.04. The molecule has 1 unspecified atom stereocenters. The predicted molar refractivity (Wildman–Crippen MR) is 71.3 cm³/mol. The molecule has 0 bridgehead atoms. The molecule has 0 amide bonds. The molecule has 0 radical (unpaired) electrons. The molecule has 0 aliphatic heterocycles. The number of aryl methyl sites for hydroxylation is 3. The first-order valence-electron chi connectivity index (χ1n) is 6.29. The second-order valence-electron chi connectivity index (χ2n) is 4.71. The molecule has 3 nitrogen and oxygen atoms in total.